The normalized spacial score (nSPS) is 10.9. The van der Waals surface area contributed by atoms with Gasteiger partial charge in [0.25, 0.3) is 5.91 Å². The maximum absolute atomic E-state index is 12.1. The maximum atomic E-state index is 12.1. The highest BCUT2D eigenvalue weighted by Gasteiger charge is 2.12. The van der Waals surface area contributed by atoms with Gasteiger partial charge in [0.2, 0.25) is 0 Å². The number of phenols is 1. The van der Waals surface area contributed by atoms with E-state index in [0.29, 0.717) is 17.1 Å². The lowest BCUT2D eigenvalue weighted by Gasteiger charge is -2.05. The van der Waals surface area contributed by atoms with Crippen LogP contribution >= 0.6 is 11.8 Å². The predicted molar refractivity (Wildman–Crippen MR) is 115 cm³/mol. The Morgan fingerprint density at radius 2 is 2.03 bits per heavy atom. The molecule has 0 aliphatic carbocycles. The largest absolute Gasteiger partial charge is 0.507 e. The van der Waals surface area contributed by atoms with E-state index in [1.54, 1.807) is 12.1 Å². The average Bonchev–Trinajstić information content (AvgIpc) is 3.10. The minimum absolute atomic E-state index is 0.132. The van der Waals surface area contributed by atoms with Gasteiger partial charge < -0.3 is 9.67 Å². The molecule has 0 fully saturated rings. The molecule has 8 heteroatoms. The summed E-state index contributed by atoms with van der Waals surface area (Å²) in [6.07, 6.45) is 3.68. The molecule has 0 atom stereocenters. The zero-order valence-corrected chi connectivity index (χ0v) is 16.8. The van der Waals surface area contributed by atoms with Crippen molar-refractivity contribution in [1.29, 1.82) is 0 Å². The maximum Gasteiger partial charge on any atom is 0.250 e. The van der Waals surface area contributed by atoms with Crippen LogP contribution < -0.4 is 5.43 Å². The number of nitrogens with one attached hydrogen (secondary N) is 1. The number of aromatic nitrogens is 3. The smallest absolute Gasteiger partial charge is 0.250 e. The highest BCUT2D eigenvalue weighted by molar-refractivity contribution is 7.99. The topological polar surface area (TPSA) is 92.4 Å². The van der Waals surface area contributed by atoms with Gasteiger partial charge in [-0.2, -0.15) is 5.10 Å². The Morgan fingerprint density at radius 1 is 1.24 bits per heavy atom. The second kappa shape index (κ2) is 9.70. The molecule has 0 saturated heterocycles. The Hall–Kier alpha value is -3.39. The number of amides is 1. The van der Waals surface area contributed by atoms with Gasteiger partial charge >= 0.3 is 0 Å². The summed E-state index contributed by atoms with van der Waals surface area (Å²) in [4.78, 5) is 12.1. The molecule has 0 radical (unpaired) electrons. The molecule has 7 nitrogen and oxygen atoms in total. The van der Waals surface area contributed by atoms with E-state index in [2.05, 4.69) is 27.3 Å². The quantitative estimate of drug-likeness (QED) is 0.259. The molecule has 0 saturated carbocycles. The zero-order valence-electron chi connectivity index (χ0n) is 15.9. The Labute approximate surface area is 173 Å². The molecule has 0 unspecified atom stereocenters. The fourth-order valence-electron chi connectivity index (χ4n) is 2.65. The van der Waals surface area contributed by atoms with Crippen molar-refractivity contribution in [3.8, 4) is 17.1 Å². The van der Waals surface area contributed by atoms with Crippen molar-refractivity contribution in [2.24, 2.45) is 12.1 Å². The van der Waals surface area contributed by atoms with E-state index in [9.17, 15) is 9.90 Å². The van der Waals surface area contributed by atoms with Crippen LogP contribution in [0.1, 0.15) is 11.1 Å². The Kier molecular flexibility index (Phi) is 6.80. The Balaban J connectivity index is 1.56. The molecule has 1 heterocycles. The molecule has 2 aromatic carbocycles. The third kappa shape index (κ3) is 5.11. The summed E-state index contributed by atoms with van der Waals surface area (Å²) in [5.41, 5.74) is 4.70. The number of nitrogens with zero attached hydrogens (tertiary/aromatic N) is 4. The second-order valence-electron chi connectivity index (χ2n) is 6.16. The number of para-hydroxylation sites is 1. The van der Waals surface area contributed by atoms with Gasteiger partial charge in [0.1, 0.15) is 5.75 Å². The molecule has 1 aromatic heterocycles. The van der Waals surface area contributed by atoms with Crippen molar-refractivity contribution >= 4 is 23.9 Å². The van der Waals surface area contributed by atoms with Crippen LogP contribution in [-0.4, -0.2) is 37.7 Å². The summed E-state index contributed by atoms with van der Waals surface area (Å²) in [5.74, 6) is 0.728. The molecule has 3 aromatic rings. The lowest BCUT2D eigenvalue weighted by molar-refractivity contribution is -0.118. The summed E-state index contributed by atoms with van der Waals surface area (Å²) in [5, 5.41) is 23.1. The van der Waals surface area contributed by atoms with Crippen LogP contribution in [-0.2, 0) is 18.3 Å². The van der Waals surface area contributed by atoms with Crippen LogP contribution in [0.15, 0.2) is 71.4 Å². The predicted octanol–water partition coefficient (Wildman–Crippen LogP) is 3.16. The summed E-state index contributed by atoms with van der Waals surface area (Å²) in [6, 6.07) is 15.1. The number of carbonyl (C=O) groups is 1. The van der Waals surface area contributed by atoms with Gasteiger partial charge in [-0.1, -0.05) is 60.3 Å². The standard InChI is InChI=1S/C21H21N5O2S/c1-3-8-15-11-7-12-17(19(15)28)13-22-23-18(27)14-29-21-25-24-20(26(21)2)16-9-5-4-6-10-16/h3-7,9-13,28H,1,8,14H2,2H3,(H,23,27)/b22-13+. The van der Waals surface area contributed by atoms with E-state index in [-0.39, 0.29) is 17.4 Å². The third-order valence-corrected chi connectivity index (χ3v) is 5.13. The van der Waals surface area contributed by atoms with Crippen molar-refractivity contribution in [1.82, 2.24) is 20.2 Å². The first-order valence-electron chi connectivity index (χ1n) is 8.91. The van der Waals surface area contributed by atoms with Gasteiger partial charge in [0.15, 0.2) is 11.0 Å². The van der Waals surface area contributed by atoms with E-state index >= 15 is 0 Å². The minimum atomic E-state index is -0.280. The molecular weight excluding hydrogens is 386 g/mol. The number of hydrazone groups is 1. The summed E-state index contributed by atoms with van der Waals surface area (Å²) in [6.45, 7) is 3.67. The summed E-state index contributed by atoms with van der Waals surface area (Å²) in [7, 11) is 1.86. The van der Waals surface area contributed by atoms with Gasteiger partial charge in [0.05, 0.1) is 12.0 Å². The number of allylic oxidation sites excluding steroid dienone is 1. The van der Waals surface area contributed by atoms with Crippen LogP contribution in [0.2, 0.25) is 0 Å². The van der Waals surface area contributed by atoms with Gasteiger partial charge in [-0.3, -0.25) is 4.79 Å². The lowest BCUT2D eigenvalue weighted by atomic mass is 10.1. The van der Waals surface area contributed by atoms with E-state index in [1.165, 1.54) is 18.0 Å². The van der Waals surface area contributed by atoms with E-state index in [1.807, 2.05) is 54.1 Å². The lowest BCUT2D eigenvalue weighted by Crippen LogP contribution is -2.20. The van der Waals surface area contributed by atoms with Crippen LogP contribution in [0, 0.1) is 0 Å². The zero-order chi connectivity index (χ0) is 20.6. The number of rotatable bonds is 8. The molecule has 2 N–H and O–H groups in total. The minimum Gasteiger partial charge on any atom is -0.507 e. The van der Waals surface area contributed by atoms with E-state index in [0.717, 1.165) is 17.0 Å². The summed E-state index contributed by atoms with van der Waals surface area (Å²) < 4.78 is 1.85. The number of hydrogen-bond acceptors (Lipinski definition) is 6. The molecule has 0 aliphatic rings. The van der Waals surface area contributed by atoms with Gasteiger partial charge in [-0.15, -0.1) is 16.8 Å². The van der Waals surface area contributed by atoms with E-state index in [4.69, 9.17) is 0 Å². The fraction of sp³-hybridized carbons (Fsp3) is 0.143. The highest BCUT2D eigenvalue weighted by Crippen LogP contribution is 2.23. The van der Waals surface area contributed by atoms with Gasteiger partial charge in [-0.05, 0) is 18.1 Å². The molecule has 0 bridgehead atoms. The van der Waals surface area contributed by atoms with Crippen LogP contribution in [0.5, 0.6) is 5.75 Å². The van der Waals surface area contributed by atoms with Crippen molar-refractivity contribution < 1.29 is 9.90 Å². The number of carbonyl (C=O) groups excluding carboxylic acids is 1. The van der Waals surface area contributed by atoms with Crippen LogP contribution in [0.4, 0.5) is 0 Å². The SMILES string of the molecule is C=CCc1cccc(/C=N/NC(=O)CSc2nnc(-c3ccccc3)n2C)c1O. The van der Waals surface area contributed by atoms with Gasteiger partial charge in [0, 0.05) is 18.2 Å². The molecule has 0 spiro atoms. The number of phenolic OH excluding ortho intramolecular Hbond substituents is 1. The first kappa shape index (κ1) is 20.3. The number of thioether (sulfide) groups is 1. The van der Waals surface area contributed by atoms with Crippen LogP contribution in [0.3, 0.4) is 0 Å². The van der Waals surface area contributed by atoms with Crippen molar-refractivity contribution in [2.45, 2.75) is 11.6 Å². The molecular formula is C21H21N5O2S. The number of benzene rings is 2. The van der Waals surface area contributed by atoms with Gasteiger partial charge in [-0.25, -0.2) is 5.43 Å². The van der Waals surface area contributed by atoms with E-state index < -0.39 is 0 Å². The summed E-state index contributed by atoms with van der Waals surface area (Å²) >= 11 is 1.27. The molecule has 1 amide bonds. The van der Waals surface area contributed by atoms with Crippen molar-refractivity contribution in [3.63, 3.8) is 0 Å². The third-order valence-electron chi connectivity index (χ3n) is 4.11. The van der Waals surface area contributed by atoms with Crippen LogP contribution in [0.25, 0.3) is 11.4 Å². The molecule has 0 aliphatic heterocycles. The first-order chi connectivity index (χ1) is 14.1. The van der Waals surface area contributed by atoms with Crippen molar-refractivity contribution in [2.75, 3.05) is 5.75 Å². The molecule has 148 valence electrons. The monoisotopic (exact) mass is 407 g/mol. The Bertz CT molecular complexity index is 1030. The van der Waals surface area contributed by atoms with Crippen molar-refractivity contribution in [3.05, 3.63) is 72.3 Å². The number of aromatic hydroxyl groups is 1. The highest BCUT2D eigenvalue weighted by atomic mass is 32.2. The molecule has 3 rings (SSSR count). The Morgan fingerprint density at radius 3 is 2.79 bits per heavy atom. The fourth-order valence-corrected chi connectivity index (χ4v) is 3.35. The molecule has 29 heavy (non-hydrogen) atoms. The first-order valence-corrected chi connectivity index (χ1v) is 9.90. The number of hydrogen-bond donors (Lipinski definition) is 2. The second-order valence-corrected chi connectivity index (χ2v) is 7.10. The average molecular weight is 407 g/mol.